The highest BCUT2D eigenvalue weighted by atomic mass is 16.2. The van der Waals surface area contributed by atoms with Gasteiger partial charge in [0.2, 0.25) is 11.8 Å². The van der Waals surface area contributed by atoms with Crippen LogP contribution in [0.4, 0.5) is 0 Å². The fourth-order valence-electron chi connectivity index (χ4n) is 2.13. The summed E-state index contributed by atoms with van der Waals surface area (Å²) in [5.41, 5.74) is 0. The van der Waals surface area contributed by atoms with Crippen molar-refractivity contribution in [3.63, 3.8) is 0 Å². The molecule has 1 aliphatic rings. The summed E-state index contributed by atoms with van der Waals surface area (Å²) in [6, 6.07) is 1.10. The molecule has 0 unspecified atom stereocenters. The average Bonchev–Trinajstić information content (AvgIpc) is 2.88. The second-order valence-corrected chi connectivity index (χ2v) is 5.22. The molecule has 0 bridgehead atoms. The van der Waals surface area contributed by atoms with Crippen molar-refractivity contribution in [1.82, 2.24) is 16.0 Å². The van der Waals surface area contributed by atoms with E-state index >= 15 is 0 Å². The number of hydrogen-bond acceptors (Lipinski definition) is 4. The topological polar surface area (TPSA) is 94.0 Å². The highest BCUT2D eigenvalue weighted by Gasteiger charge is 2.27. The third-order valence-corrected chi connectivity index (χ3v) is 3.06. The predicted molar refractivity (Wildman–Crippen MR) is 71.0 cm³/mol. The number of nitrogens with one attached hydrogen (secondary N) is 3. The van der Waals surface area contributed by atoms with Gasteiger partial charge in [0.05, 0.1) is 12.1 Å². The van der Waals surface area contributed by atoms with Gasteiger partial charge < -0.3 is 16.0 Å². The Hall–Kier alpha value is -1.61. The van der Waals surface area contributed by atoms with Gasteiger partial charge in [-0.3, -0.25) is 9.59 Å². The lowest BCUT2D eigenvalue weighted by molar-refractivity contribution is -0.130. The first kappa shape index (κ1) is 15.4. The Morgan fingerprint density at radius 2 is 2.21 bits per heavy atom. The van der Waals surface area contributed by atoms with E-state index in [4.69, 9.17) is 5.26 Å². The molecule has 106 valence electrons. The fourth-order valence-corrected chi connectivity index (χ4v) is 2.13. The van der Waals surface area contributed by atoms with Crippen molar-refractivity contribution >= 4 is 11.8 Å². The number of nitriles is 1. The third-order valence-electron chi connectivity index (χ3n) is 3.06. The van der Waals surface area contributed by atoms with E-state index in [1.807, 2.05) is 19.9 Å². The predicted octanol–water partition coefficient (Wildman–Crippen LogP) is -0.0909. The highest BCUT2D eigenvalue weighted by molar-refractivity contribution is 5.89. The van der Waals surface area contributed by atoms with Crippen LogP contribution in [0.5, 0.6) is 0 Å². The minimum Gasteiger partial charge on any atom is -0.343 e. The summed E-state index contributed by atoms with van der Waals surface area (Å²) >= 11 is 0. The molecule has 0 aromatic rings. The molecule has 0 aromatic carbocycles. The van der Waals surface area contributed by atoms with Crippen LogP contribution in [0.1, 0.15) is 33.1 Å². The van der Waals surface area contributed by atoms with Gasteiger partial charge in [-0.25, -0.2) is 0 Å². The lowest BCUT2D eigenvalue weighted by Gasteiger charge is -2.21. The van der Waals surface area contributed by atoms with Crippen molar-refractivity contribution in [3.05, 3.63) is 0 Å². The SMILES string of the molecule is CC(C)C[C@H](NC(=O)[C@@H]1CCCN1)C(=O)NCC#N. The molecular formula is C13H22N4O2. The van der Waals surface area contributed by atoms with Crippen LogP contribution in [0.2, 0.25) is 0 Å². The maximum atomic E-state index is 12.0. The van der Waals surface area contributed by atoms with Gasteiger partial charge in [0, 0.05) is 0 Å². The Balaban J connectivity index is 2.55. The van der Waals surface area contributed by atoms with E-state index in [2.05, 4.69) is 16.0 Å². The smallest absolute Gasteiger partial charge is 0.243 e. The molecule has 6 nitrogen and oxygen atoms in total. The van der Waals surface area contributed by atoms with Gasteiger partial charge in [-0.15, -0.1) is 0 Å². The summed E-state index contributed by atoms with van der Waals surface area (Å²) in [5, 5.41) is 16.8. The van der Waals surface area contributed by atoms with Crippen molar-refractivity contribution in [1.29, 1.82) is 5.26 Å². The number of hydrogen-bond donors (Lipinski definition) is 3. The number of carbonyl (C=O) groups excluding carboxylic acids is 2. The third kappa shape index (κ3) is 5.26. The zero-order chi connectivity index (χ0) is 14.3. The van der Waals surface area contributed by atoms with Gasteiger partial charge in [-0.2, -0.15) is 5.26 Å². The summed E-state index contributed by atoms with van der Waals surface area (Å²) in [5.74, 6) is -0.133. The molecule has 3 N–H and O–H groups in total. The van der Waals surface area contributed by atoms with Gasteiger partial charge in [0.1, 0.15) is 12.6 Å². The number of rotatable bonds is 6. The van der Waals surface area contributed by atoms with E-state index < -0.39 is 6.04 Å². The van der Waals surface area contributed by atoms with Gasteiger partial charge in [-0.1, -0.05) is 13.8 Å². The van der Waals surface area contributed by atoms with Crippen LogP contribution in [-0.4, -0.2) is 37.0 Å². The van der Waals surface area contributed by atoms with E-state index in [9.17, 15) is 9.59 Å². The van der Waals surface area contributed by atoms with Crippen molar-refractivity contribution in [2.24, 2.45) is 5.92 Å². The monoisotopic (exact) mass is 266 g/mol. The first-order valence-electron chi connectivity index (χ1n) is 6.73. The quantitative estimate of drug-likeness (QED) is 0.586. The standard InChI is InChI=1S/C13H22N4O2/c1-9(2)8-11(12(18)16-7-5-14)17-13(19)10-4-3-6-15-10/h9-11,15H,3-4,6-8H2,1-2H3,(H,16,18)(H,17,19)/t10-,11-/m0/s1. The van der Waals surface area contributed by atoms with E-state index in [1.54, 1.807) is 0 Å². The molecule has 0 saturated carbocycles. The lowest BCUT2D eigenvalue weighted by atomic mass is 10.0. The molecule has 1 fully saturated rings. The van der Waals surface area contributed by atoms with Crippen LogP contribution in [0.3, 0.4) is 0 Å². The van der Waals surface area contributed by atoms with Crippen molar-refractivity contribution in [2.75, 3.05) is 13.1 Å². The number of amides is 2. The van der Waals surface area contributed by atoms with Crippen LogP contribution in [-0.2, 0) is 9.59 Å². The summed E-state index contributed by atoms with van der Waals surface area (Å²) in [4.78, 5) is 23.9. The Morgan fingerprint density at radius 3 is 2.74 bits per heavy atom. The molecule has 0 radical (unpaired) electrons. The first-order chi connectivity index (χ1) is 9.04. The maximum Gasteiger partial charge on any atom is 0.243 e. The molecule has 1 aliphatic heterocycles. The molecular weight excluding hydrogens is 244 g/mol. The van der Waals surface area contributed by atoms with Gasteiger partial charge in [-0.05, 0) is 31.7 Å². The zero-order valence-corrected chi connectivity index (χ0v) is 11.5. The molecule has 19 heavy (non-hydrogen) atoms. The summed E-state index contributed by atoms with van der Waals surface area (Å²) in [6.07, 6.45) is 2.35. The minimum atomic E-state index is -0.566. The van der Waals surface area contributed by atoms with Crippen molar-refractivity contribution in [3.8, 4) is 6.07 Å². The van der Waals surface area contributed by atoms with E-state index in [1.165, 1.54) is 0 Å². The summed E-state index contributed by atoms with van der Waals surface area (Å²) in [6.45, 7) is 4.79. The number of carbonyl (C=O) groups is 2. The minimum absolute atomic E-state index is 0.0367. The van der Waals surface area contributed by atoms with Crippen LogP contribution in [0.15, 0.2) is 0 Å². The van der Waals surface area contributed by atoms with Crippen LogP contribution in [0, 0.1) is 17.2 Å². The van der Waals surface area contributed by atoms with E-state index in [0.29, 0.717) is 6.42 Å². The Labute approximate surface area is 113 Å². The van der Waals surface area contributed by atoms with Crippen LogP contribution < -0.4 is 16.0 Å². The second kappa shape index (κ2) is 7.74. The maximum absolute atomic E-state index is 12.0. The van der Waals surface area contributed by atoms with Crippen molar-refractivity contribution < 1.29 is 9.59 Å². The average molecular weight is 266 g/mol. The Bertz CT molecular complexity index is 356. The molecule has 1 heterocycles. The second-order valence-electron chi connectivity index (χ2n) is 5.22. The number of nitrogens with zero attached hydrogens (tertiary/aromatic N) is 1. The molecule has 1 saturated heterocycles. The van der Waals surface area contributed by atoms with Gasteiger partial charge in [0.25, 0.3) is 0 Å². The molecule has 1 rings (SSSR count). The fraction of sp³-hybridized carbons (Fsp3) is 0.769. The molecule has 0 aromatic heterocycles. The summed E-state index contributed by atoms with van der Waals surface area (Å²) < 4.78 is 0. The largest absolute Gasteiger partial charge is 0.343 e. The molecule has 2 amide bonds. The molecule has 6 heteroatoms. The lowest BCUT2D eigenvalue weighted by Crippen LogP contribution is -2.52. The summed E-state index contributed by atoms with van der Waals surface area (Å²) in [7, 11) is 0. The van der Waals surface area contributed by atoms with Crippen LogP contribution in [0.25, 0.3) is 0 Å². The van der Waals surface area contributed by atoms with Crippen LogP contribution >= 0.6 is 0 Å². The highest BCUT2D eigenvalue weighted by Crippen LogP contribution is 2.08. The molecule has 2 atom stereocenters. The normalized spacial score (nSPS) is 19.8. The Kier molecular flexibility index (Phi) is 6.30. The zero-order valence-electron chi connectivity index (χ0n) is 11.5. The molecule has 0 spiro atoms. The Morgan fingerprint density at radius 1 is 1.47 bits per heavy atom. The van der Waals surface area contributed by atoms with E-state index in [-0.39, 0.29) is 30.3 Å². The first-order valence-corrected chi connectivity index (χ1v) is 6.73. The van der Waals surface area contributed by atoms with Crippen molar-refractivity contribution in [2.45, 2.75) is 45.2 Å². The van der Waals surface area contributed by atoms with Gasteiger partial charge in [0.15, 0.2) is 0 Å². The molecule has 0 aliphatic carbocycles. The van der Waals surface area contributed by atoms with E-state index in [0.717, 1.165) is 19.4 Å². The van der Waals surface area contributed by atoms with Gasteiger partial charge >= 0.3 is 0 Å².